The van der Waals surface area contributed by atoms with Gasteiger partial charge in [0.2, 0.25) is 0 Å². The summed E-state index contributed by atoms with van der Waals surface area (Å²) in [6, 6.07) is 7.97. The van der Waals surface area contributed by atoms with Crippen LogP contribution in [0.2, 0.25) is 0 Å². The summed E-state index contributed by atoms with van der Waals surface area (Å²) in [4.78, 5) is 0. The quantitative estimate of drug-likeness (QED) is 0.697. The van der Waals surface area contributed by atoms with Crippen molar-refractivity contribution in [3.05, 3.63) is 35.4 Å². The summed E-state index contributed by atoms with van der Waals surface area (Å²) >= 11 is 0. The fraction of sp³-hybridized carbons (Fsp3) is 0.455. The van der Waals surface area contributed by atoms with Gasteiger partial charge in [-0.3, -0.25) is 0 Å². The lowest BCUT2D eigenvalue weighted by atomic mass is 9.80. The Labute approximate surface area is 85.7 Å². The molecule has 0 aromatic heterocycles. The van der Waals surface area contributed by atoms with Gasteiger partial charge < -0.3 is 10.0 Å². The van der Waals surface area contributed by atoms with E-state index in [0.717, 1.165) is 5.56 Å². The van der Waals surface area contributed by atoms with Crippen LogP contribution >= 0.6 is 0 Å². The third-order valence-electron chi connectivity index (χ3n) is 2.24. The summed E-state index contributed by atoms with van der Waals surface area (Å²) < 4.78 is 0. The highest BCUT2D eigenvalue weighted by Gasteiger charge is 2.13. The van der Waals surface area contributed by atoms with Crippen molar-refractivity contribution < 1.29 is 10.0 Å². The molecule has 14 heavy (non-hydrogen) atoms. The van der Waals surface area contributed by atoms with Gasteiger partial charge in [-0.1, -0.05) is 50.6 Å². The van der Waals surface area contributed by atoms with Crippen LogP contribution in [-0.2, 0) is 11.7 Å². The molecule has 0 saturated heterocycles. The molecule has 76 valence electrons. The normalized spacial score (nSPS) is 11.5. The van der Waals surface area contributed by atoms with Gasteiger partial charge in [0.1, 0.15) is 0 Å². The first-order valence-corrected chi connectivity index (χ1v) is 4.85. The van der Waals surface area contributed by atoms with E-state index in [4.69, 9.17) is 10.0 Å². The first-order chi connectivity index (χ1) is 6.39. The van der Waals surface area contributed by atoms with Gasteiger partial charge >= 0.3 is 7.12 Å². The van der Waals surface area contributed by atoms with Crippen LogP contribution in [0.15, 0.2) is 24.3 Å². The number of rotatable bonds is 2. The molecule has 0 heterocycles. The summed E-state index contributed by atoms with van der Waals surface area (Å²) in [5.41, 5.74) is 2.36. The summed E-state index contributed by atoms with van der Waals surface area (Å²) in [5.74, 6) is 0. The number of hydrogen-bond donors (Lipinski definition) is 2. The topological polar surface area (TPSA) is 40.5 Å². The van der Waals surface area contributed by atoms with Gasteiger partial charge in [-0.05, 0) is 11.0 Å². The van der Waals surface area contributed by atoms with Gasteiger partial charge in [0.15, 0.2) is 0 Å². The molecule has 0 bridgehead atoms. The van der Waals surface area contributed by atoms with Crippen molar-refractivity contribution in [3.8, 4) is 0 Å². The van der Waals surface area contributed by atoms with Gasteiger partial charge in [0.05, 0.1) is 0 Å². The Morgan fingerprint density at radius 2 is 1.57 bits per heavy atom. The number of hydrogen-bond acceptors (Lipinski definition) is 2. The maximum Gasteiger partial charge on any atom is 0.456 e. The second kappa shape index (κ2) is 4.15. The minimum absolute atomic E-state index is 0.149. The third kappa shape index (κ3) is 3.16. The molecule has 1 rings (SSSR count). The minimum Gasteiger partial charge on any atom is -0.427 e. The molecule has 0 radical (unpaired) electrons. The average Bonchev–Trinajstić information content (AvgIpc) is 2.02. The van der Waals surface area contributed by atoms with E-state index >= 15 is 0 Å². The molecule has 0 saturated carbocycles. The van der Waals surface area contributed by atoms with Crippen molar-refractivity contribution in [1.82, 2.24) is 0 Å². The average molecular weight is 192 g/mol. The van der Waals surface area contributed by atoms with Gasteiger partial charge in [0, 0.05) is 6.32 Å². The van der Waals surface area contributed by atoms with Gasteiger partial charge in [-0.25, -0.2) is 0 Å². The Bertz CT molecular complexity index is 285. The van der Waals surface area contributed by atoms with Crippen LogP contribution in [0.4, 0.5) is 0 Å². The smallest absolute Gasteiger partial charge is 0.427 e. The molecule has 0 aliphatic carbocycles. The van der Waals surface area contributed by atoms with Gasteiger partial charge in [-0.2, -0.15) is 0 Å². The van der Waals surface area contributed by atoms with Crippen molar-refractivity contribution in [2.24, 2.45) is 0 Å². The predicted octanol–water partition coefficient (Wildman–Crippen LogP) is 1.54. The molecule has 2 nitrogen and oxygen atoms in total. The Hall–Kier alpha value is -0.795. The van der Waals surface area contributed by atoms with Crippen LogP contribution in [0.3, 0.4) is 0 Å². The van der Waals surface area contributed by atoms with E-state index in [9.17, 15) is 0 Å². The molecule has 0 fully saturated rings. The highest BCUT2D eigenvalue weighted by atomic mass is 16.4. The molecule has 3 heteroatoms. The first-order valence-electron chi connectivity index (χ1n) is 4.85. The maximum absolute atomic E-state index is 8.79. The van der Waals surface area contributed by atoms with E-state index in [2.05, 4.69) is 20.8 Å². The second-order valence-electron chi connectivity index (χ2n) is 4.63. The van der Waals surface area contributed by atoms with E-state index < -0.39 is 7.12 Å². The van der Waals surface area contributed by atoms with Crippen LogP contribution in [0, 0.1) is 0 Å². The Balaban J connectivity index is 2.79. The van der Waals surface area contributed by atoms with E-state index in [0.29, 0.717) is 6.32 Å². The van der Waals surface area contributed by atoms with E-state index in [1.54, 1.807) is 0 Å². The lowest BCUT2D eigenvalue weighted by molar-refractivity contribution is 0.405. The second-order valence-corrected chi connectivity index (χ2v) is 4.63. The van der Waals surface area contributed by atoms with Crippen LogP contribution < -0.4 is 0 Å². The Kier molecular flexibility index (Phi) is 3.35. The van der Waals surface area contributed by atoms with E-state index in [1.807, 2.05) is 24.3 Å². The lowest BCUT2D eigenvalue weighted by Gasteiger charge is -2.19. The highest BCUT2D eigenvalue weighted by molar-refractivity contribution is 6.40. The monoisotopic (exact) mass is 192 g/mol. The maximum atomic E-state index is 8.79. The Morgan fingerprint density at radius 3 is 1.93 bits per heavy atom. The molecular formula is C11H17BO2. The van der Waals surface area contributed by atoms with Crippen molar-refractivity contribution in [2.75, 3.05) is 0 Å². The molecular weight excluding hydrogens is 175 g/mol. The third-order valence-corrected chi connectivity index (χ3v) is 2.24. The van der Waals surface area contributed by atoms with Gasteiger partial charge in [-0.15, -0.1) is 0 Å². The molecule has 2 N–H and O–H groups in total. The summed E-state index contributed by atoms with van der Waals surface area (Å²) in [7, 11) is -1.25. The fourth-order valence-electron chi connectivity index (χ4n) is 1.35. The molecule has 0 spiro atoms. The van der Waals surface area contributed by atoms with Crippen LogP contribution in [0.25, 0.3) is 0 Å². The van der Waals surface area contributed by atoms with Crippen molar-refractivity contribution in [3.63, 3.8) is 0 Å². The zero-order chi connectivity index (χ0) is 10.8. The largest absolute Gasteiger partial charge is 0.456 e. The zero-order valence-electron chi connectivity index (χ0n) is 8.99. The van der Waals surface area contributed by atoms with Crippen molar-refractivity contribution >= 4 is 7.12 Å². The molecule has 0 aliphatic heterocycles. The summed E-state index contributed by atoms with van der Waals surface area (Å²) in [5, 5.41) is 17.6. The standard InChI is InChI=1S/C11H17BO2/c1-11(2,3)10-6-4-9(5-7-10)8-12(13)14/h4-7,13-14H,8H2,1-3H3. The minimum atomic E-state index is -1.25. The molecule has 0 atom stereocenters. The highest BCUT2D eigenvalue weighted by Crippen LogP contribution is 2.22. The lowest BCUT2D eigenvalue weighted by Crippen LogP contribution is -2.15. The SMILES string of the molecule is CC(C)(C)c1ccc(CB(O)O)cc1. The first kappa shape index (κ1) is 11.3. The van der Waals surface area contributed by atoms with Crippen LogP contribution in [-0.4, -0.2) is 17.2 Å². The molecule has 0 amide bonds. The fourth-order valence-corrected chi connectivity index (χ4v) is 1.35. The number of benzene rings is 1. The molecule has 1 aromatic carbocycles. The predicted molar refractivity (Wildman–Crippen MR) is 59.0 cm³/mol. The summed E-state index contributed by atoms with van der Waals surface area (Å²) in [6.45, 7) is 6.47. The van der Waals surface area contributed by atoms with Crippen molar-refractivity contribution in [1.29, 1.82) is 0 Å². The van der Waals surface area contributed by atoms with Crippen LogP contribution in [0.5, 0.6) is 0 Å². The Morgan fingerprint density at radius 1 is 1.07 bits per heavy atom. The molecule has 0 unspecified atom stereocenters. The summed E-state index contributed by atoms with van der Waals surface area (Å²) in [6.07, 6.45) is 0.296. The van der Waals surface area contributed by atoms with E-state index in [-0.39, 0.29) is 5.41 Å². The van der Waals surface area contributed by atoms with E-state index in [1.165, 1.54) is 5.56 Å². The zero-order valence-corrected chi connectivity index (χ0v) is 8.99. The van der Waals surface area contributed by atoms with Crippen LogP contribution in [0.1, 0.15) is 31.9 Å². The van der Waals surface area contributed by atoms with Crippen molar-refractivity contribution in [2.45, 2.75) is 32.5 Å². The van der Waals surface area contributed by atoms with Gasteiger partial charge in [0.25, 0.3) is 0 Å². The molecule has 1 aromatic rings. The molecule has 0 aliphatic rings.